The second-order valence-corrected chi connectivity index (χ2v) is 8.27. The zero-order valence-electron chi connectivity index (χ0n) is 16.0. The first-order chi connectivity index (χ1) is 12.6. The van der Waals surface area contributed by atoms with Gasteiger partial charge in [-0.1, -0.05) is 13.8 Å². The minimum Gasteiger partial charge on any atom is -0.341 e. The van der Waals surface area contributed by atoms with Crippen LogP contribution in [0, 0.1) is 5.92 Å². The number of aromatic amines is 1. The molecule has 2 fully saturated rings. The summed E-state index contributed by atoms with van der Waals surface area (Å²) in [7, 11) is 0. The lowest BCUT2D eigenvalue weighted by Crippen LogP contribution is -2.52. The molecule has 140 valence electrons. The van der Waals surface area contributed by atoms with Crippen molar-refractivity contribution < 1.29 is 0 Å². The fourth-order valence-corrected chi connectivity index (χ4v) is 4.60. The van der Waals surface area contributed by atoms with E-state index < -0.39 is 0 Å². The van der Waals surface area contributed by atoms with E-state index in [4.69, 9.17) is 0 Å². The molecule has 26 heavy (non-hydrogen) atoms. The summed E-state index contributed by atoms with van der Waals surface area (Å²) in [5.74, 6) is 1.52. The molecule has 2 aromatic rings. The molecular weight excluding hydrogens is 324 g/mol. The first kappa shape index (κ1) is 17.5. The number of hydrogen-bond acceptors (Lipinski definition) is 5. The normalized spacial score (nSPS) is 20.3. The van der Waals surface area contributed by atoms with Gasteiger partial charge in [0.05, 0.1) is 5.69 Å². The van der Waals surface area contributed by atoms with Crippen molar-refractivity contribution in [1.82, 2.24) is 25.1 Å². The molecule has 6 heteroatoms. The second-order valence-electron chi connectivity index (χ2n) is 8.27. The topological polar surface area (TPSA) is 60.9 Å². The summed E-state index contributed by atoms with van der Waals surface area (Å²) in [6, 6.07) is 4.14. The number of hydrogen-bond donors (Lipinski definition) is 1. The summed E-state index contributed by atoms with van der Waals surface area (Å²) in [4.78, 5) is 13.9. The van der Waals surface area contributed by atoms with Crippen LogP contribution in [0.15, 0.2) is 24.5 Å². The minimum atomic E-state index is 0.342. The summed E-state index contributed by atoms with van der Waals surface area (Å²) in [5.41, 5.74) is 2.80. The predicted molar refractivity (Wildman–Crippen MR) is 103 cm³/mol. The van der Waals surface area contributed by atoms with Crippen LogP contribution in [0.3, 0.4) is 0 Å². The van der Waals surface area contributed by atoms with Crippen LogP contribution in [0.25, 0.3) is 0 Å². The van der Waals surface area contributed by atoms with Crippen LogP contribution < -0.4 is 4.90 Å². The lowest BCUT2D eigenvalue weighted by Gasteiger charge is -2.45. The van der Waals surface area contributed by atoms with Crippen molar-refractivity contribution in [3.63, 3.8) is 0 Å². The molecule has 0 amide bonds. The number of anilines is 1. The van der Waals surface area contributed by atoms with Crippen molar-refractivity contribution in [1.29, 1.82) is 0 Å². The van der Waals surface area contributed by atoms with Gasteiger partial charge in [-0.3, -0.25) is 10.00 Å². The van der Waals surface area contributed by atoms with Crippen molar-refractivity contribution in [3.8, 4) is 0 Å². The van der Waals surface area contributed by atoms with Crippen LogP contribution in [-0.2, 0) is 13.0 Å². The van der Waals surface area contributed by atoms with E-state index in [1.807, 2.05) is 18.5 Å². The van der Waals surface area contributed by atoms with E-state index in [0.717, 1.165) is 32.0 Å². The Morgan fingerprint density at radius 3 is 2.62 bits per heavy atom. The Hall–Kier alpha value is -1.95. The summed E-state index contributed by atoms with van der Waals surface area (Å²) in [5, 5.41) is 7.78. The van der Waals surface area contributed by atoms with Gasteiger partial charge in [0.15, 0.2) is 0 Å². The zero-order chi connectivity index (χ0) is 18.0. The van der Waals surface area contributed by atoms with Gasteiger partial charge in [0.1, 0.15) is 0 Å². The Morgan fingerprint density at radius 1 is 1.12 bits per heavy atom. The molecule has 6 nitrogen and oxygen atoms in total. The van der Waals surface area contributed by atoms with Crippen LogP contribution in [0.1, 0.15) is 50.9 Å². The van der Waals surface area contributed by atoms with E-state index in [9.17, 15) is 0 Å². The maximum Gasteiger partial charge on any atom is 0.225 e. The number of aromatic nitrogens is 4. The monoisotopic (exact) mass is 354 g/mol. The van der Waals surface area contributed by atoms with Crippen molar-refractivity contribution in [2.75, 3.05) is 24.5 Å². The molecule has 2 aliphatic heterocycles. The van der Waals surface area contributed by atoms with Gasteiger partial charge in [0.2, 0.25) is 5.95 Å². The fourth-order valence-electron chi connectivity index (χ4n) is 4.60. The average Bonchev–Trinajstić information content (AvgIpc) is 3.24. The number of piperidine rings is 1. The molecule has 0 unspecified atom stereocenters. The molecule has 4 rings (SSSR count). The van der Waals surface area contributed by atoms with Crippen LogP contribution in [0.4, 0.5) is 5.95 Å². The standard InChI is InChI=1S/C20H30N6/c1-16(2)13-17-14-18(24-23-17)15-26-10-3-5-20(26)6-11-25(12-7-20)19-21-8-4-9-22-19/h4,8-9,14,16H,3,5-7,10-13,15H2,1-2H3,(H,23,24). The fraction of sp³-hybridized carbons (Fsp3) is 0.650. The van der Waals surface area contributed by atoms with Gasteiger partial charge in [0, 0.05) is 43.3 Å². The number of nitrogens with zero attached hydrogens (tertiary/aromatic N) is 5. The predicted octanol–water partition coefficient (Wildman–Crippen LogP) is 3.03. The van der Waals surface area contributed by atoms with Crippen molar-refractivity contribution in [2.45, 2.75) is 58.0 Å². The largest absolute Gasteiger partial charge is 0.341 e. The number of rotatable bonds is 5. The van der Waals surface area contributed by atoms with E-state index in [-0.39, 0.29) is 0 Å². The molecule has 0 atom stereocenters. The van der Waals surface area contributed by atoms with E-state index in [1.165, 1.54) is 43.6 Å². The molecule has 2 saturated heterocycles. The highest BCUT2D eigenvalue weighted by atomic mass is 15.3. The van der Waals surface area contributed by atoms with Crippen LogP contribution in [-0.4, -0.2) is 50.2 Å². The molecule has 1 N–H and O–H groups in total. The lowest BCUT2D eigenvalue weighted by molar-refractivity contribution is 0.0981. The molecule has 1 spiro atoms. The van der Waals surface area contributed by atoms with Gasteiger partial charge in [-0.05, 0) is 56.7 Å². The van der Waals surface area contributed by atoms with Crippen LogP contribution >= 0.6 is 0 Å². The zero-order valence-corrected chi connectivity index (χ0v) is 16.0. The van der Waals surface area contributed by atoms with Gasteiger partial charge < -0.3 is 4.90 Å². The third kappa shape index (κ3) is 3.61. The Labute approximate surface area is 156 Å². The van der Waals surface area contributed by atoms with Crippen molar-refractivity contribution in [3.05, 3.63) is 35.9 Å². The smallest absolute Gasteiger partial charge is 0.225 e. The van der Waals surface area contributed by atoms with Gasteiger partial charge >= 0.3 is 0 Å². The van der Waals surface area contributed by atoms with E-state index in [2.05, 4.69) is 49.9 Å². The highest BCUT2D eigenvalue weighted by molar-refractivity contribution is 5.30. The summed E-state index contributed by atoms with van der Waals surface area (Å²) < 4.78 is 0. The van der Waals surface area contributed by atoms with Gasteiger partial charge in [0.25, 0.3) is 0 Å². The molecule has 0 saturated carbocycles. The van der Waals surface area contributed by atoms with Gasteiger partial charge in [-0.25, -0.2) is 9.97 Å². The highest BCUT2D eigenvalue weighted by Crippen LogP contribution is 2.39. The lowest BCUT2D eigenvalue weighted by atomic mass is 9.85. The Bertz CT molecular complexity index is 702. The number of nitrogens with one attached hydrogen (secondary N) is 1. The number of H-pyrrole nitrogens is 1. The quantitative estimate of drug-likeness (QED) is 0.894. The van der Waals surface area contributed by atoms with Gasteiger partial charge in [-0.2, -0.15) is 5.10 Å². The third-order valence-electron chi connectivity index (χ3n) is 5.93. The molecule has 2 aliphatic rings. The maximum atomic E-state index is 4.51. The summed E-state index contributed by atoms with van der Waals surface area (Å²) >= 11 is 0. The molecule has 4 heterocycles. The first-order valence-corrected chi connectivity index (χ1v) is 9.95. The molecule has 0 aliphatic carbocycles. The number of likely N-dealkylation sites (tertiary alicyclic amines) is 1. The molecule has 2 aromatic heterocycles. The third-order valence-corrected chi connectivity index (χ3v) is 5.93. The van der Waals surface area contributed by atoms with Crippen molar-refractivity contribution in [2.24, 2.45) is 5.92 Å². The Morgan fingerprint density at radius 2 is 1.88 bits per heavy atom. The molecular formula is C20H30N6. The Balaban J connectivity index is 1.40. The SMILES string of the molecule is CC(C)Cc1cc(CN2CCCC23CCN(c2ncccn2)CC3)[nH]n1. The maximum absolute atomic E-state index is 4.51. The van der Waals surface area contributed by atoms with Crippen molar-refractivity contribution >= 4 is 5.95 Å². The van der Waals surface area contributed by atoms with Crippen LogP contribution in [0.5, 0.6) is 0 Å². The highest BCUT2D eigenvalue weighted by Gasteiger charge is 2.43. The van der Waals surface area contributed by atoms with Gasteiger partial charge in [-0.15, -0.1) is 0 Å². The molecule has 0 bridgehead atoms. The van der Waals surface area contributed by atoms with E-state index in [0.29, 0.717) is 11.5 Å². The van der Waals surface area contributed by atoms with Crippen LogP contribution in [0.2, 0.25) is 0 Å². The summed E-state index contributed by atoms with van der Waals surface area (Å²) in [6.45, 7) is 8.76. The Kier molecular flexibility index (Phi) is 4.94. The van der Waals surface area contributed by atoms with E-state index in [1.54, 1.807) is 0 Å². The average molecular weight is 355 g/mol. The molecule has 0 aromatic carbocycles. The second kappa shape index (κ2) is 7.35. The molecule has 0 radical (unpaired) electrons. The van der Waals surface area contributed by atoms with E-state index >= 15 is 0 Å². The first-order valence-electron chi connectivity index (χ1n) is 9.95. The minimum absolute atomic E-state index is 0.342. The summed E-state index contributed by atoms with van der Waals surface area (Å²) in [6.07, 6.45) is 9.71.